The Morgan fingerprint density at radius 1 is 1.24 bits per heavy atom. The van der Waals surface area contributed by atoms with Gasteiger partial charge in [-0.2, -0.15) is 0 Å². The number of aromatic nitrogens is 2. The second-order valence-corrected chi connectivity index (χ2v) is 6.52. The SMILES string of the molecule is Cc1cc(C2CCCN2C(=O)c2ccc(N3CCOCC3)nc2)no1. The van der Waals surface area contributed by atoms with E-state index < -0.39 is 0 Å². The van der Waals surface area contributed by atoms with E-state index in [1.54, 1.807) is 6.20 Å². The summed E-state index contributed by atoms with van der Waals surface area (Å²) in [5.74, 6) is 1.67. The van der Waals surface area contributed by atoms with Crippen LogP contribution in [0.3, 0.4) is 0 Å². The fourth-order valence-corrected chi connectivity index (χ4v) is 3.52. The molecule has 1 unspecified atom stereocenters. The zero-order chi connectivity index (χ0) is 17.2. The number of nitrogens with zero attached hydrogens (tertiary/aromatic N) is 4. The lowest BCUT2D eigenvalue weighted by atomic mass is 10.1. The molecule has 0 radical (unpaired) electrons. The number of ether oxygens (including phenoxy) is 1. The van der Waals surface area contributed by atoms with Crippen molar-refractivity contribution in [1.29, 1.82) is 0 Å². The highest BCUT2D eigenvalue weighted by atomic mass is 16.5. The Labute approximate surface area is 146 Å². The second-order valence-electron chi connectivity index (χ2n) is 6.52. The van der Waals surface area contributed by atoms with Gasteiger partial charge in [0.1, 0.15) is 17.3 Å². The summed E-state index contributed by atoms with van der Waals surface area (Å²) in [6.07, 6.45) is 3.56. The van der Waals surface area contributed by atoms with Gasteiger partial charge in [-0.3, -0.25) is 4.79 Å². The lowest BCUT2D eigenvalue weighted by Crippen LogP contribution is -2.36. The van der Waals surface area contributed by atoms with E-state index in [-0.39, 0.29) is 11.9 Å². The van der Waals surface area contributed by atoms with Gasteiger partial charge in [0.05, 0.1) is 24.8 Å². The molecule has 0 aliphatic carbocycles. The van der Waals surface area contributed by atoms with Crippen LogP contribution in [0.4, 0.5) is 5.82 Å². The monoisotopic (exact) mass is 342 g/mol. The summed E-state index contributed by atoms with van der Waals surface area (Å²) in [6, 6.07) is 5.69. The van der Waals surface area contributed by atoms with E-state index in [0.717, 1.165) is 63.0 Å². The third kappa shape index (κ3) is 3.24. The first-order chi connectivity index (χ1) is 12.2. The number of carbonyl (C=O) groups excluding carboxylic acids is 1. The molecule has 7 heteroatoms. The first-order valence-corrected chi connectivity index (χ1v) is 8.75. The number of hydrogen-bond donors (Lipinski definition) is 0. The number of hydrogen-bond acceptors (Lipinski definition) is 6. The molecule has 2 aromatic heterocycles. The van der Waals surface area contributed by atoms with Crippen LogP contribution in [-0.2, 0) is 4.74 Å². The van der Waals surface area contributed by atoms with E-state index in [2.05, 4.69) is 15.0 Å². The third-order valence-corrected chi connectivity index (χ3v) is 4.83. The number of carbonyl (C=O) groups is 1. The van der Waals surface area contributed by atoms with Crippen LogP contribution in [0.2, 0.25) is 0 Å². The summed E-state index contributed by atoms with van der Waals surface area (Å²) in [5, 5.41) is 4.10. The highest BCUT2D eigenvalue weighted by Crippen LogP contribution is 2.32. The standard InChI is InChI=1S/C18H22N4O3/c1-13-11-15(20-25-13)16-3-2-6-22(16)18(23)14-4-5-17(19-12-14)21-7-9-24-10-8-21/h4-5,11-12,16H,2-3,6-10H2,1H3. The smallest absolute Gasteiger partial charge is 0.255 e. The van der Waals surface area contributed by atoms with Crippen molar-refractivity contribution < 1.29 is 14.1 Å². The first kappa shape index (κ1) is 16.1. The molecule has 4 heterocycles. The summed E-state index contributed by atoms with van der Waals surface area (Å²) in [7, 11) is 0. The summed E-state index contributed by atoms with van der Waals surface area (Å²) < 4.78 is 10.5. The Morgan fingerprint density at radius 2 is 2.08 bits per heavy atom. The maximum atomic E-state index is 12.9. The van der Waals surface area contributed by atoms with Crippen molar-refractivity contribution in [3.63, 3.8) is 0 Å². The minimum absolute atomic E-state index is 0.00387. The van der Waals surface area contributed by atoms with E-state index in [1.807, 2.05) is 30.0 Å². The van der Waals surface area contributed by atoms with E-state index in [1.165, 1.54) is 0 Å². The minimum atomic E-state index is -0.0103. The molecular formula is C18H22N4O3. The number of anilines is 1. The number of rotatable bonds is 3. The van der Waals surface area contributed by atoms with Gasteiger partial charge >= 0.3 is 0 Å². The maximum absolute atomic E-state index is 12.9. The predicted octanol–water partition coefficient (Wildman–Crippen LogP) is 2.19. The first-order valence-electron chi connectivity index (χ1n) is 8.75. The van der Waals surface area contributed by atoms with Gasteiger partial charge in [0.2, 0.25) is 0 Å². The molecule has 0 bridgehead atoms. The van der Waals surface area contributed by atoms with Gasteiger partial charge in [-0.25, -0.2) is 4.98 Å². The molecule has 0 saturated carbocycles. The van der Waals surface area contributed by atoms with Gasteiger partial charge in [-0.05, 0) is 31.9 Å². The lowest BCUT2D eigenvalue weighted by Gasteiger charge is -2.28. The average Bonchev–Trinajstić information content (AvgIpc) is 3.31. The minimum Gasteiger partial charge on any atom is -0.378 e. The van der Waals surface area contributed by atoms with Gasteiger partial charge < -0.3 is 19.1 Å². The molecule has 0 spiro atoms. The van der Waals surface area contributed by atoms with E-state index in [4.69, 9.17) is 9.26 Å². The van der Waals surface area contributed by atoms with Crippen molar-refractivity contribution in [1.82, 2.24) is 15.0 Å². The Kier molecular flexibility index (Phi) is 4.40. The fourth-order valence-electron chi connectivity index (χ4n) is 3.52. The number of aryl methyl sites for hydroxylation is 1. The molecule has 0 N–H and O–H groups in total. The Morgan fingerprint density at radius 3 is 2.76 bits per heavy atom. The quantitative estimate of drug-likeness (QED) is 0.851. The van der Waals surface area contributed by atoms with E-state index >= 15 is 0 Å². The molecule has 2 aromatic rings. The molecule has 2 aliphatic rings. The molecule has 25 heavy (non-hydrogen) atoms. The summed E-state index contributed by atoms with van der Waals surface area (Å²) in [5.41, 5.74) is 1.45. The van der Waals surface area contributed by atoms with Gasteiger partial charge in [0.15, 0.2) is 0 Å². The molecule has 2 saturated heterocycles. The molecular weight excluding hydrogens is 320 g/mol. The largest absolute Gasteiger partial charge is 0.378 e. The van der Waals surface area contributed by atoms with E-state index in [0.29, 0.717) is 5.56 Å². The topological polar surface area (TPSA) is 71.7 Å². The molecule has 132 valence electrons. The predicted molar refractivity (Wildman–Crippen MR) is 91.5 cm³/mol. The van der Waals surface area contributed by atoms with Gasteiger partial charge in [0.25, 0.3) is 5.91 Å². The zero-order valence-corrected chi connectivity index (χ0v) is 14.4. The lowest BCUT2D eigenvalue weighted by molar-refractivity contribution is 0.0730. The zero-order valence-electron chi connectivity index (χ0n) is 14.4. The van der Waals surface area contributed by atoms with Crippen LogP contribution in [0.25, 0.3) is 0 Å². The van der Waals surface area contributed by atoms with E-state index in [9.17, 15) is 4.79 Å². The number of likely N-dealkylation sites (tertiary alicyclic amines) is 1. The van der Waals surface area contributed by atoms with Gasteiger partial charge in [0, 0.05) is 31.9 Å². The Bertz CT molecular complexity index is 737. The highest BCUT2D eigenvalue weighted by molar-refractivity contribution is 5.94. The normalized spacial score (nSPS) is 20.9. The Balaban J connectivity index is 1.50. The average molecular weight is 342 g/mol. The Hall–Kier alpha value is -2.41. The summed E-state index contributed by atoms with van der Waals surface area (Å²) in [6.45, 7) is 5.70. The fraction of sp³-hybridized carbons (Fsp3) is 0.500. The molecule has 2 aliphatic heterocycles. The van der Waals surface area contributed by atoms with Gasteiger partial charge in [-0.1, -0.05) is 5.16 Å². The highest BCUT2D eigenvalue weighted by Gasteiger charge is 2.32. The van der Waals surface area contributed by atoms with Crippen LogP contribution >= 0.6 is 0 Å². The van der Waals surface area contributed by atoms with Crippen LogP contribution < -0.4 is 4.90 Å². The van der Waals surface area contributed by atoms with Crippen LogP contribution in [0.5, 0.6) is 0 Å². The van der Waals surface area contributed by atoms with Crippen molar-refractivity contribution in [2.45, 2.75) is 25.8 Å². The van der Waals surface area contributed by atoms with Crippen LogP contribution in [0.15, 0.2) is 28.9 Å². The number of amides is 1. The molecule has 7 nitrogen and oxygen atoms in total. The van der Waals surface area contributed by atoms with Crippen LogP contribution in [0.1, 0.15) is 40.7 Å². The summed E-state index contributed by atoms with van der Waals surface area (Å²) >= 11 is 0. The molecule has 1 atom stereocenters. The molecule has 1 amide bonds. The van der Waals surface area contributed by atoms with Gasteiger partial charge in [-0.15, -0.1) is 0 Å². The molecule has 0 aromatic carbocycles. The second kappa shape index (κ2) is 6.84. The van der Waals surface area contributed by atoms with Crippen molar-refractivity contribution >= 4 is 11.7 Å². The number of morpholine rings is 1. The van der Waals surface area contributed by atoms with Crippen molar-refractivity contribution in [3.05, 3.63) is 41.4 Å². The van der Waals surface area contributed by atoms with Crippen LogP contribution in [0, 0.1) is 6.92 Å². The number of pyridine rings is 1. The van der Waals surface area contributed by atoms with Crippen LogP contribution in [-0.4, -0.2) is 53.8 Å². The van der Waals surface area contributed by atoms with Crippen molar-refractivity contribution in [3.8, 4) is 0 Å². The summed E-state index contributed by atoms with van der Waals surface area (Å²) in [4.78, 5) is 21.5. The van der Waals surface area contributed by atoms with Crippen molar-refractivity contribution in [2.75, 3.05) is 37.7 Å². The third-order valence-electron chi connectivity index (χ3n) is 4.83. The molecule has 2 fully saturated rings. The van der Waals surface area contributed by atoms with Crippen molar-refractivity contribution in [2.24, 2.45) is 0 Å². The molecule has 4 rings (SSSR count). The maximum Gasteiger partial charge on any atom is 0.255 e.